The molecule has 0 saturated heterocycles. The first kappa shape index (κ1) is 13.8. The lowest BCUT2D eigenvalue weighted by atomic mass is 9.99. The second-order valence-electron chi connectivity index (χ2n) is 5.59. The van der Waals surface area contributed by atoms with Crippen LogP contribution in [0.15, 0.2) is 47.6 Å². The third-order valence-electron chi connectivity index (χ3n) is 4.00. The predicted octanol–water partition coefficient (Wildman–Crippen LogP) is 3.82. The molecule has 3 heteroatoms. The van der Waals surface area contributed by atoms with E-state index in [9.17, 15) is 4.79 Å². The van der Waals surface area contributed by atoms with Gasteiger partial charge < -0.3 is 0 Å². The Morgan fingerprint density at radius 1 is 1.00 bits per heavy atom. The number of nitrogens with one attached hydrogen (secondary N) is 1. The second-order valence-corrected chi connectivity index (χ2v) is 5.59. The summed E-state index contributed by atoms with van der Waals surface area (Å²) in [5.41, 5.74) is 4.90. The zero-order valence-electron chi connectivity index (χ0n) is 12.1. The van der Waals surface area contributed by atoms with Crippen molar-refractivity contribution in [2.24, 2.45) is 5.10 Å². The Labute approximate surface area is 125 Å². The van der Waals surface area contributed by atoms with E-state index in [1.807, 2.05) is 24.3 Å². The minimum Gasteiger partial charge on any atom is -0.273 e. The molecule has 1 amide bonds. The predicted molar refractivity (Wildman–Crippen MR) is 86.3 cm³/mol. The van der Waals surface area contributed by atoms with E-state index in [0.29, 0.717) is 6.42 Å². The Bertz CT molecular complexity index is 662. The average Bonchev–Trinajstić information content (AvgIpc) is 2.54. The van der Waals surface area contributed by atoms with Crippen LogP contribution in [0.5, 0.6) is 0 Å². The Morgan fingerprint density at radius 3 is 2.62 bits per heavy atom. The van der Waals surface area contributed by atoms with E-state index in [-0.39, 0.29) is 5.91 Å². The molecular weight excluding hydrogens is 260 g/mol. The minimum atomic E-state index is -0.0376. The number of hydrazone groups is 1. The SMILES string of the molecule is O=C(Cc1cccc2ccccc12)NN=C1CCCCC1. The Morgan fingerprint density at radius 2 is 1.76 bits per heavy atom. The molecule has 0 spiro atoms. The number of carbonyl (C=O) groups is 1. The maximum absolute atomic E-state index is 12.1. The van der Waals surface area contributed by atoms with E-state index in [0.717, 1.165) is 29.5 Å². The standard InChI is InChI=1S/C18H20N2O/c21-18(20-19-16-10-2-1-3-11-16)13-15-9-6-8-14-7-4-5-12-17(14)15/h4-9,12H,1-3,10-11,13H2,(H,20,21). The van der Waals surface area contributed by atoms with Crippen LogP contribution in [-0.4, -0.2) is 11.6 Å². The molecule has 1 aliphatic rings. The third-order valence-corrected chi connectivity index (χ3v) is 4.00. The summed E-state index contributed by atoms with van der Waals surface area (Å²) in [5.74, 6) is -0.0376. The highest BCUT2D eigenvalue weighted by Crippen LogP contribution is 2.19. The van der Waals surface area contributed by atoms with Crippen molar-refractivity contribution in [2.75, 3.05) is 0 Å². The van der Waals surface area contributed by atoms with Crippen LogP contribution in [0.25, 0.3) is 10.8 Å². The molecule has 2 aromatic rings. The summed E-state index contributed by atoms with van der Waals surface area (Å²) in [6, 6.07) is 14.2. The molecule has 1 N–H and O–H groups in total. The average molecular weight is 280 g/mol. The Balaban J connectivity index is 1.69. The topological polar surface area (TPSA) is 41.5 Å². The second kappa shape index (κ2) is 6.53. The summed E-state index contributed by atoms with van der Waals surface area (Å²) in [4.78, 5) is 12.1. The van der Waals surface area contributed by atoms with E-state index in [1.54, 1.807) is 0 Å². The molecule has 2 aromatic carbocycles. The minimum absolute atomic E-state index is 0.0376. The molecule has 0 radical (unpaired) electrons. The van der Waals surface area contributed by atoms with Crippen molar-refractivity contribution in [2.45, 2.75) is 38.5 Å². The third kappa shape index (κ3) is 3.48. The quantitative estimate of drug-likeness (QED) is 0.853. The van der Waals surface area contributed by atoms with Gasteiger partial charge in [0.2, 0.25) is 5.91 Å². The molecule has 1 saturated carbocycles. The molecule has 0 aromatic heterocycles. The number of fused-ring (bicyclic) bond motifs is 1. The number of benzene rings is 2. The normalized spacial score (nSPS) is 15.0. The fourth-order valence-corrected chi connectivity index (χ4v) is 2.87. The Hall–Kier alpha value is -2.16. The molecule has 0 unspecified atom stereocenters. The molecule has 1 aliphatic carbocycles. The highest BCUT2D eigenvalue weighted by atomic mass is 16.2. The monoisotopic (exact) mass is 280 g/mol. The van der Waals surface area contributed by atoms with Gasteiger partial charge in [-0.3, -0.25) is 4.79 Å². The zero-order chi connectivity index (χ0) is 14.5. The number of amides is 1. The van der Waals surface area contributed by atoms with Gasteiger partial charge in [-0.15, -0.1) is 0 Å². The first-order valence-electron chi connectivity index (χ1n) is 7.64. The molecule has 1 fully saturated rings. The van der Waals surface area contributed by atoms with Crippen molar-refractivity contribution in [3.8, 4) is 0 Å². The summed E-state index contributed by atoms with van der Waals surface area (Å²) in [6.45, 7) is 0. The molecule has 0 bridgehead atoms. The van der Waals surface area contributed by atoms with Crippen LogP contribution in [0.4, 0.5) is 0 Å². The number of carbonyl (C=O) groups excluding carboxylic acids is 1. The summed E-state index contributed by atoms with van der Waals surface area (Å²) in [6.07, 6.45) is 6.08. The molecule has 3 nitrogen and oxygen atoms in total. The van der Waals surface area contributed by atoms with Crippen LogP contribution in [-0.2, 0) is 11.2 Å². The van der Waals surface area contributed by atoms with Crippen LogP contribution in [0.1, 0.15) is 37.7 Å². The summed E-state index contributed by atoms with van der Waals surface area (Å²) in [7, 11) is 0. The van der Waals surface area contributed by atoms with Gasteiger partial charge in [0.05, 0.1) is 6.42 Å². The number of rotatable bonds is 3. The van der Waals surface area contributed by atoms with Gasteiger partial charge in [-0.1, -0.05) is 48.9 Å². The number of hydrogen-bond acceptors (Lipinski definition) is 2. The van der Waals surface area contributed by atoms with Crippen LogP contribution in [0.2, 0.25) is 0 Å². The molecular formula is C18H20N2O. The lowest BCUT2D eigenvalue weighted by Gasteiger charge is -2.12. The van der Waals surface area contributed by atoms with Gasteiger partial charge in [-0.05, 0) is 42.0 Å². The molecule has 0 heterocycles. The van der Waals surface area contributed by atoms with E-state index in [4.69, 9.17) is 0 Å². The highest BCUT2D eigenvalue weighted by Gasteiger charge is 2.09. The lowest BCUT2D eigenvalue weighted by molar-refractivity contribution is -0.120. The van der Waals surface area contributed by atoms with E-state index in [1.165, 1.54) is 24.6 Å². The number of nitrogens with zero attached hydrogens (tertiary/aromatic N) is 1. The number of hydrogen-bond donors (Lipinski definition) is 1. The maximum atomic E-state index is 12.1. The van der Waals surface area contributed by atoms with Gasteiger partial charge in [0, 0.05) is 5.71 Å². The van der Waals surface area contributed by atoms with Gasteiger partial charge in [-0.2, -0.15) is 5.10 Å². The van der Waals surface area contributed by atoms with Crippen LogP contribution in [0.3, 0.4) is 0 Å². The lowest BCUT2D eigenvalue weighted by Crippen LogP contribution is -2.22. The van der Waals surface area contributed by atoms with Gasteiger partial charge in [0.25, 0.3) is 0 Å². The zero-order valence-corrected chi connectivity index (χ0v) is 12.1. The molecule has 0 atom stereocenters. The van der Waals surface area contributed by atoms with Gasteiger partial charge in [-0.25, -0.2) is 5.43 Å². The van der Waals surface area contributed by atoms with Gasteiger partial charge in [0.1, 0.15) is 0 Å². The Kier molecular flexibility index (Phi) is 4.29. The molecule has 108 valence electrons. The van der Waals surface area contributed by atoms with Gasteiger partial charge in [0.15, 0.2) is 0 Å². The first-order chi connectivity index (χ1) is 10.3. The van der Waals surface area contributed by atoms with Crippen molar-refractivity contribution in [1.82, 2.24) is 5.43 Å². The largest absolute Gasteiger partial charge is 0.273 e. The van der Waals surface area contributed by atoms with Crippen molar-refractivity contribution >= 4 is 22.4 Å². The fraction of sp³-hybridized carbons (Fsp3) is 0.333. The van der Waals surface area contributed by atoms with Crippen molar-refractivity contribution < 1.29 is 4.79 Å². The van der Waals surface area contributed by atoms with E-state index in [2.05, 4.69) is 28.7 Å². The smallest absolute Gasteiger partial charge is 0.244 e. The van der Waals surface area contributed by atoms with E-state index < -0.39 is 0 Å². The van der Waals surface area contributed by atoms with Crippen molar-refractivity contribution in [1.29, 1.82) is 0 Å². The van der Waals surface area contributed by atoms with E-state index >= 15 is 0 Å². The van der Waals surface area contributed by atoms with Crippen LogP contribution >= 0.6 is 0 Å². The van der Waals surface area contributed by atoms with Crippen molar-refractivity contribution in [3.05, 3.63) is 48.0 Å². The fourth-order valence-electron chi connectivity index (χ4n) is 2.87. The maximum Gasteiger partial charge on any atom is 0.244 e. The summed E-state index contributed by atoms with van der Waals surface area (Å²) < 4.78 is 0. The highest BCUT2D eigenvalue weighted by molar-refractivity contribution is 5.91. The van der Waals surface area contributed by atoms with Crippen molar-refractivity contribution in [3.63, 3.8) is 0 Å². The summed E-state index contributed by atoms with van der Waals surface area (Å²) >= 11 is 0. The molecule has 3 rings (SSSR count). The summed E-state index contributed by atoms with van der Waals surface area (Å²) in [5, 5.41) is 6.58. The van der Waals surface area contributed by atoms with Crippen LogP contribution in [0, 0.1) is 0 Å². The first-order valence-corrected chi connectivity index (χ1v) is 7.64. The van der Waals surface area contributed by atoms with Crippen LogP contribution < -0.4 is 5.43 Å². The molecule has 0 aliphatic heterocycles. The van der Waals surface area contributed by atoms with Gasteiger partial charge >= 0.3 is 0 Å². The molecule has 21 heavy (non-hydrogen) atoms.